The van der Waals surface area contributed by atoms with E-state index < -0.39 is 0 Å². The molecule has 0 aliphatic carbocycles. The molecule has 0 fully saturated rings. The van der Waals surface area contributed by atoms with E-state index in [2.05, 4.69) is 50.2 Å². The average Bonchev–Trinajstić information content (AvgIpc) is 3.46. The van der Waals surface area contributed by atoms with Crippen LogP contribution in [0.4, 0.5) is 0 Å². The molecule has 1 aliphatic heterocycles. The summed E-state index contributed by atoms with van der Waals surface area (Å²) >= 11 is 3.54. The third kappa shape index (κ3) is 3.20. The fourth-order valence-electron chi connectivity index (χ4n) is 3.72. The van der Waals surface area contributed by atoms with Crippen molar-refractivity contribution in [1.82, 2.24) is 29.0 Å². The molecule has 2 unspecified atom stereocenters. The number of imidazole rings is 2. The lowest BCUT2D eigenvalue weighted by Crippen LogP contribution is -2.21. The third-order valence-electron chi connectivity index (χ3n) is 5.39. The number of aliphatic hydroxyl groups is 1. The van der Waals surface area contributed by atoms with E-state index in [1.54, 1.807) is 6.20 Å². The maximum absolute atomic E-state index is 9.12. The van der Waals surface area contributed by atoms with E-state index in [9.17, 15) is 0 Å². The van der Waals surface area contributed by atoms with E-state index in [4.69, 9.17) is 10.2 Å². The molecule has 0 bridgehead atoms. The Balaban J connectivity index is 1.49. The second-order valence-corrected chi connectivity index (χ2v) is 8.02. The normalized spacial score (nSPS) is 17.6. The molecular formula is C20H20BrN7O. The van der Waals surface area contributed by atoms with Crippen LogP contribution in [0.15, 0.2) is 52.6 Å². The van der Waals surface area contributed by atoms with Crippen molar-refractivity contribution in [3.05, 3.63) is 64.4 Å². The summed E-state index contributed by atoms with van der Waals surface area (Å²) in [6.45, 7) is 3.51. The highest BCUT2D eigenvalue weighted by molar-refractivity contribution is 9.10. The van der Waals surface area contributed by atoms with Gasteiger partial charge < -0.3 is 5.11 Å². The van der Waals surface area contributed by atoms with Gasteiger partial charge in [-0.25, -0.2) is 14.5 Å². The summed E-state index contributed by atoms with van der Waals surface area (Å²) in [6.07, 6.45) is 7.69. The molecule has 0 radical (unpaired) electrons. The molecule has 4 aromatic rings. The first kappa shape index (κ1) is 18.3. The molecule has 0 aromatic carbocycles. The molecule has 148 valence electrons. The average molecular weight is 454 g/mol. The summed E-state index contributed by atoms with van der Waals surface area (Å²) in [5, 5.41) is 20.2. The molecule has 0 amide bonds. The fourth-order valence-corrected chi connectivity index (χ4v) is 4.11. The number of pyridine rings is 1. The van der Waals surface area contributed by atoms with Gasteiger partial charge in [-0.2, -0.15) is 10.2 Å². The Morgan fingerprint density at radius 3 is 2.86 bits per heavy atom. The molecule has 1 N–H and O–H groups in total. The summed E-state index contributed by atoms with van der Waals surface area (Å²) < 4.78 is 4.88. The molecule has 5 rings (SSSR count). The number of hydrogen-bond donors (Lipinski definition) is 1. The van der Waals surface area contributed by atoms with E-state index in [-0.39, 0.29) is 18.4 Å². The van der Waals surface area contributed by atoms with Gasteiger partial charge in [0.15, 0.2) is 5.65 Å². The lowest BCUT2D eigenvalue weighted by atomic mass is 10.0. The van der Waals surface area contributed by atoms with Crippen molar-refractivity contribution >= 4 is 33.4 Å². The van der Waals surface area contributed by atoms with Crippen LogP contribution in [0.2, 0.25) is 0 Å². The van der Waals surface area contributed by atoms with Crippen LogP contribution in [0.25, 0.3) is 11.3 Å². The number of halogens is 1. The summed E-state index contributed by atoms with van der Waals surface area (Å²) in [6, 6.07) is 8.11. The Labute approximate surface area is 175 Å². The molecule has 1 aliphatic rings. The zero-order valence-electron chi connectivity index (χ0n) is 15.9. The Morgan fingerprint density at radius 1 is 1.17 bits per heavy atom. The van der Waals surface area contributed by atoms with Gasteiger partial charge in [0, 0.05) is 24.9 Å². The summed E-state index contributed by atoms with van der Waals surface area (Å²) in [5.74, 6) is 0.212. The molecule has 8 nitrogen and oxygen atoms in total. The molecule has 0 saturated carbocycles. The van der Waals surface area contributed by atoms with Crippen LogP contribution in [0, 0.1) is 0 Å². The fraction of sp³-hybridized carbons (Fsp3) is 0.300. The maximum Gasteiger partial charge on any atom is 0.153 e. The summed E-state index contributed by atoms with van der Waals surface area (Å²) in [4.78, 5) is 8.90. The smallest absolute Gasteiger partial charge is 0.153 e. The Hall–Kier alpha value is -2.78. The van der Waals surface area contributed by atoms with Gasteiger partial charge in [0.2, 0.25) is 0 Å². The predicted octanol–water partition coefficient (Wildman–Crippen LogP) is 2.67. The summed E-state index contributed by atoms with van der Waals surface area (Å²) in [5.41, 5.74) is 4.85. The van der Waals surface area contributed by atoms with Crippen molar-refractivity contribution in [2.75, 3.05) is 19.7 Å². The Morgan fingerprint density at radius 2 is 2.00 bits per heavy atom. The van der Waals surface area contributed by atoms with Crippen molar-refractivity contribution in [2.24, 2.45) is 5.10 Å². The van der Waals surface area contributed by atoms with Gasteiger partial charge in [-0.1, -0.05) is 13.0 Å². The van der Waals surface area contributed by atoms with Crippen LogP contribution in [0.3, 0.4) is 0 Å². The van der Waals surface area contributed by atoms with Gasteiger partial charge in [-0.05, 0) is 39.7 Å². The number of fused-ring (bicyclic) bond motifs is 2. The zero-order valence-corrected chi connectivity index (χ0v) is 17.4. The predicted molar refractivity (Wildman–Crippen MR) is 113 cm³/mol. The van der Waals surface area contributed by atoms with Crippen LogP contribution in [0.5, 0.6) is 0 Å². The molecule has 0 spiro atoms. The topological polar surface area (TPSA) is 83.3 Å². The molecule has 0 saturated heterocycles. The van der Waals surface area contributed by atoms with E-state index >= 15 is 0 Å². The number of nitrogens with zero attached hydrogens (tertiary/aromatic N) is 7. The van der Waals surface area contributed by atoms with E-state index in [0.29, 0.717) is 6.54 Å². The number of β-amino-alcohol motifs (C(OH)–C–C–N with tert-alkyl or cyclic N) is 1. The molecular weight excluding hydrogens is 434 g/mol. The van der Waals surface area contributed by atoms with Gasteiger partial charge in [0.1, 0.15) is 10.3 Å². The lowest BCUT2D eigenvalue weighted by molar-refractivity contribution is 0.210. The second kappa shape index (κ2) is 7.23. The monoisotopic (exact) mass is 453 g/mol. The van der Waals surface area contributed by atoms with Crippen LogP contribution in [0.1, 0.15) is 35.7 Å². The number of hydrazone groups is 1. The quantitative estimate of drug-likeness (QED) is 0.502. The van der Waals surface area contributed by atoms with Crippen molar-refractivity contribution in [2.45, 2.75) is 18.8 Å². The minimum atomic E-state index is 0.0943. The standard InChI is InChI=1S/C20H20BrN7O/c1-13(14-2-4-19-23-10-18(21)27(19)12-14)17-9-22-20-5-3-16(25-28(17)20)15-8-24-26(11-15)6-7-29/h2-5,8-10,12-13,15,29H,6-7,11H2,1H3. The molecule has 2 atom stereocenters. The zero-order chi connectivity index (χ0) is 20.0. The van der Waals surface area contributed by atoms with Gasteiger partial charge in [-0.15, -0.1) is 0 Å². The van der Waals surface area contributed by atoms with Crippen molar-refractivity contribution < 1.29 is 5.11 Å². The largest absolute Gasteiger partial charge is 0.394 e. The maximum atomic E-state index is 9.12. The van der Waals surface area contributed by atoms with Gasteiger partial charge in [0.25, 0.3) is 0 Å². The SMILES string of the molecule is CC(c1ccc2ncc(Br)n2c1)c1cnc2ccc(C3C=NN(CCO)C3)nn12. The van der Waals surface area contributed by atoms with Crippen molar-refractivity contribution in [3.63, 3.8) is 0 Å². The summed E-state index contributed by atoms with van der Waals surface area (Å²) in [7, 11) is 0. The highest BCUT2D eigenvalue weighted by Crippen LogP contribution is 2.27. The van der Waals surface area contributed by atoms with Crippen LogP contribution in [-0.2, 0) is 0 Å². The van der Waals surface area contributed by atoms with Crippen LogP contribution in [-0.4, -0.2) is 60.0 Å². The minimum Gasteiger partial charge on any atom is -0.394 e. The number of rotatable bonds is 5. The van der Waals surface area contributed by atoms with Crippen molar-refractivity contribution in [1.29, 1.82) is 0 Å². The first-order valence-corrected chi connectivity index (χ1v) is 10.3. The lowest BCUT2D eigenvalue weighted by Gasteiger charge is -2.15. The van der Waals surface area contributed by atoms with Crippen LogP contribution < -0.4 is 0 Å². The first-order chi connectivity index (χ1) is 14.1. The van der Waals surface area contributed by atoms with Crippen LogP contribution >= 0.6 is 15.9 Å². The van der Waals surface area contributed by atoms with Gasteiger partial charge in [0.05, 0.1) is 42.9 Å². The number of hydrogen-bond acceptors (Lipinski definition) is 6. The van der Waals surface area contributed by atoms with Gasteiger partial charge >= 0.3 is 0 Å². The molecule has 9 heteroatoms. The molecule has 29 heavy (non-hydrogen) atoms. The minimum absolute atomic E-state index is 0.0943. The number of aliphatic hydroxyl groups excluding tert-OH is 1. The second-order valence-electron chi connectivity index (χ2n) is 7.21. The molecule has 4 aromatic heterocycles. The third-order valence-corrected chi connectivity index (χ3v) is 5.98. The van der Waals surface area contributed by atoms with E-state index in [1.165, 1.54) is 0 Å². The first-order valence-electron chi connectivity index (χ1n) is 9.51. The number of aromatic nitrogens is 5. The van der Waals surface area contributed by atoms with E-state index in [1.807, 2.05) is 44.5 Å². The molecule has 5 heterocycles. The Kier molecular flexibility index (Phi) is 4.56. The Bertz CT molecular complexity index is 1210. The van der Waals surface area contributed by atoms with E-state index in [0.717, 1.165) is 39.4 Å². The highest BCUT2D eigenvalue weighted by Gasteiger charge is 2.22. The van der Waals surface area contributed by atoms with Crippen molar-refractivity contribution in [3.8, 4) is 0 Å². The van der Waals surface area contributed by atoms with Gasteiger partial charge in [-0.3, -0.25) is 9.41 Å². The highest BCUT2D eigenvalue weighted by atomic mass is 79.9.